The van der Waals surface area contributed by atoms with Crippen molar-refractivity contribution in [2.75, 3.05) is 0 Å². The molecule has 4 N–H and O–H groups in total. The monoisotopic (exact) mass is 211 g/mol. The summed E-state index contributed by atoms with van der Waals surface area (Å²) >= 11 is 0. The van der Waals surface area contributed by atoms with Crippen LogP contribution >= 0.6 is 0 Å². The molecule has 2 fully saturated rings. The Morgan fingerprint density at radius 2 is 1.80 bits per heavy atom. The summed E-state index contributed by atoms with van der Waals surface area (Å²) in [5.74, 6) is -0.349. The van der Waals surface area contributed by atoms with Gasteiger partial charge >= 0.3 is 6.03 Å². The van der Waals surface area contributed by atoms with Crippen LogP contribution in [0, 0.1) is 5.92 Å². The van der Waals surface area contributed by atoms with Crippen molar-refractivity contribution in [2.45, 2.75) is 44.2 Å². The Morgan fingerprint density at radius 1 is 1.27 bits per heavy atom. The highest BCUT2D eigenvalue weighted by molar-refractivity contribution is 5.80. The van der Waals surface area contributed by atoms with Crippen molar-refractivity contribution in [1.82, 2.24) is 4.90 Å². The largest absolute Gasteiger partial charge is 0.369 e. The standard InChI is InChI=1S/C10H17N3O2/c1-9(2)5-10(13(9)8(12)15)3-6(4-10)7(11)14/h6H,3-5H2,1-2H3,(H2,11,14)(H2,12,15). The van der Waals surface area contributed by atoms with E-state index in [1.165, 1.54) is 0 Å². The molecule has 0 aromatic rings. The van der Waals surface area contributed by atoms with Crippen molar-refractivity contribution < 1.29 is 9.59 Å². The third-order valence-corrected chi connectivity index (χ3v) is 3.72. The van der Waals surface area contributed by atoms with Crippen LogP contribution in [-0.4, -0.2) is 27.9 Å². The van der Waals surface area contributed by atoms with Gasteiger partial charge in [0.05, 0.1) is 0 Å². The summed E-state index contributed by atoms with van der Waals surface area (Å²) in [4.78, 5) is 24.0. The SMILES string of the molecule is CC1(C)CC2(CC(C(N)=O)C2)N1C(N)=O. The number of nitrogens with two attached hydrogens (primary N) is 2. The Bertz CT molecular complexity index is 332. The molecule has 1 saturated carbocycles. The molecule has 0 atom stereocenters. The number of amides is 3. The molecule has 0 aromatic heterocycles. The van der Waals surface area contributed by atoms with E-state index < -0.39 is 6.03 Å². The van der Waals surface area contributed by atoms with Crippen LogP contribution in [0.2, 0.25) is 0 Å². The Kier molecular flexibility index (Phi) is 1.81. The maximum Gasteiger partial charge on any atom is 0.315 e. The quantitative estimate of drug-likeness (QED) is 0.648. The van der Waals surface area contributed by atoms with E-state index >= 15 is 0 Å². The third-order valence-electron chi connectivity index (χ3n) is 3.72. The lowest BCUT2D eigenvalue weighted by Crippen LogP contribution is -2.78. The van der Waals surface area contributed by atoms with E-state index in [9.17, 15) is 9.59 Å². The predicted molar refractivity (Wildman–Crippen MR) is 54.8 cm³/mol. The van der Waals surface area contributed by atoms with Gasteiger partial charge in [0.1, 0.15) is 0 Å². The van der Waals surface area contributed by atoms with Crippen molar-refractivity contribution in [3.63, 3.8) is 0 Å². The summed E-state index contributed by atoms with van der Waals surface area (Å²) in [5.41, 5.74) is 10.2. The lowest BCUT2D eigenvalue weighted by molar-refractivity contribution is -0.163. The number of primary amides is 2. The van der Waals surface area contributed by atoms with Gasteiger partial charge in [0.2, 0.25) is 5.91 Å². The first kappa shape index (κ1) is 10.3. The molecule has 84 valence electrons. The fourth-order valence-electron chi connectivity index (χ4n) is 3.43. The average Bonchev–Trinajstić information content (AvgIpc) is 1.92. The highest BCUT2D eigenvalue weighted by atomic mass is 16.2. The molecule has 0 radical (unpaired) electrons. The maximum absolute atomic E-state index is 11.3. The minimum absolute atomic E-state index is 0.0806. The zero-order valence-electron chi connectivity index (χ0n) is 9.12. The van der Waals surface area contributed by atoms with Gasteiger partial charge in [-0.1, -0.05) is 0 Å². The zero-order valence-corrected chi connectivity index (χ0v) is 9.12. The summed E-state index contributed by atoms with van der Waals surface area (Å²) in [5, 5.41) is 0. The summed E-state index contributed by atoms with van der Waals surface area (Å²) in [6, 6.07) is -0.394. The fraction of sp³-hybridized carbons (Fsp3) is 0.800. The summed E-state index contributed by atoms with van der Waals surface area (Å²) in [7, 11) is 0. The predicted octanol–water partition coefficient (Wildman–Crippen LogP) is 0.183. The molecule has 1 saturated heterocycles. The molecule has 1 aliphatic carbocycles. The molecule has 2 aliphatic rings. The van der Waals surface area contributed by atoms with Crippen LogP contribution in [0.3, 0.4) is 0 Å². The van der Waals surface area contributed by atoms with Crippen LogP contribution in [0.4, 0.5) is 4.79 Å². The molecule has 5 nitrogen and oxygen atoms in total. The molecule has 0 bridgehead atoms. The normalized spacial score (nSPS) is 36.9. The molecule has 5 heteroatoms. The van der Waals surface area contributed by atoms with Crippen molar-refractivity contribution in [1.29, 1.82) is 0 Å². The van der Waals surface area contributed by atoms with Gasteiger partial charge in [0.25, 0.3) is 0 Å². The van der Waals surface area contributed by atoms with E-state index in [-0.39, 0.29) is 22.9 Å². The second kappa shape index (κ2) is 2.65. The van der Waals surface area contributed by atoms with E-state index in [4.69, 9.17) is 11.5 Å². The van der Waals surface area contributed by atoms with Crippen molar-refractivity contribution in [3.8, 4) is 0 Å². The molecule has 2 rings (SSSR count). The minimum atomic E-state index is -0.394. The average molecular weight is 211 g/mol. The van der Waals surface area contributed by atoms with Gasteiger partial charge in [-0.3, -0.25) is 4.79 Å². The molecule has 1 aliphatic heterocycles. The first-order valence-corrected chi connectivity index (χ1v) is 5.18. The zero-order chi connectivity index (χ0) is 11.4. The van der Waals surface area contributed by atoms with Crippen LogP contribution in [0.5, 0.6) is 0 Å². The van der Waals surface area contributed by atoms with E-state index in [1.807, 2.05) is 13.8 Å². The Morgan fingerprint density at radius 3 is 2.13 bits per heavy atom. The molecule has 0 unspecified atom stereocenters. The van der Waals surface area contributed by atoms with Gasteiger partial charge in [0, 0.05) is 17.0 Å². The number of carbonyl (C=O) groups is 2. The lowest BCUT2D eigenvalue weighted by Gasteiger charge is -2.68. The van der Waals surface area contributed by atoms with E-state index in [0.29, 0.717) is 12.8 Å². The highest BCUT2D eigenvalue weighted by Gasteiger charge is 2.64. The van der Waals surface area contributed by atoms with Crippen LogP contribution < -0.4 is 11.5 Å². The molecule has 1 heterocycles. The Hall–Kier alpha value is -1.26. The van der Waals surface area contributed by atoms with Crippen molar-refractivity contribution in [3.05, 3.63) is 0 Å². The fourth-order valence-corrected chi connectivity index (χ4v) is 3.43. The van der Waals surface area contributed by atoms with Crippen LogP contribution in [0.15, 0.2) is 0 Å². The van der Waals surface area contributed by atoms with Gasteiger partial charge in [-0.2, -0.15) is 0 Å². The lowest BCUT2D eigenvalue weighted by atomic mass is 9.55. The number of carbonyl (C=O) groups excluding carboxylic acids is 2. The minimum Gasteiger partial charge on any atom is -0.369 e. The smallest absolute Gasteiger partial charge is 0.315 e. The van der Waals surface area contributed by atoms with Gasteiger partial charge in [-0.05, 0) is 33.1 Å². The number of rotatable bonds is 1. The molecule has 3 amide bonds. The van der Waals surface area contributed by atoms with Crippen molar-refractivity contribution in [2.24, 2.45) is 17.4 Å². The summed E-state index contributed by atoms with van der Waals surface area (Å²) < 4.78 is 0. The number of likely N-dealkylation sites (tertiary alicyclic amines) is 1. The Labute approximate surface area is 88.8 Å². The first-order chi connectivity index (χ1) is 6.78. The van der Waals surface area contributed by atoms with E-state index in [0.717, 1.165) is 6.42 Å². The van der Waals surface area contributed by atoms with Crippen LogP contribution in [-0.2, 0) is 4.79 Å². The molecular weight excluding hydrogens is 194 g/mol. The van der Waals surface area contributed by atoms with Gasteiger partial charge in [-0.25, -0.2) is 4.79 Å². The van der Waals surface area contributed by atoms with Crippen LogP contribution in [0.25, 0.3) is 0 Å². The third kappa shape index (κ3) is 1.22. The second-order valence-corrected chi connectivity index (χ2v) is 5.39. The number of hydrogen-bond donors (Lipinski definition) is 2. The number of hydrogen-bond acceptors (Lipinski definition) is 2. The summed E-state index contributed by atoms with van der Waals surface area (Å²) in [6.45, 7) is 3.97. The number of urea groups is 1. The van der Waals surface area contributed by atoms with Gasteiger partial charge < -0.3 is 16.4 Å². The molecular formula is C10H17N3O2. The summed E-state index contributed by atoms with van der Waals surface area (Å²) in [6.07, 6.45) is 2.26. The Balaban J connectivity index is 2.09. The highest BCUT2D eigenvalue weighted by Crippen LogP contribution is 2.57. The van der Waals surface area contributed by atoms with E-state index in [1.54, 1.807) is 4.90 Å². The topological polar surface area (TPSA) is 89.4 Å². The molecule has 15 heavy (non-hydrogen) atoms. The maximum atomic E-state index is 11.3. The second-order valence-electron chi connectivity index (χ2n) is 5.39. The van der Waals surface area contributed by atoms with Crippen molar-refractivity contribution >= 4 is 11.9 Å². The van der Waals surface area contributed by atoms with Crippen LogP contribution in [0.1, 0.15) is 33.1 Å². The van der Waals surface area contributed by atoms with Gasteiger partial charge in [0.15, 0.2) is 0 Å². The van der Waals surface area contributed by atoms with E-state index in [2.05, 4.69) is 0 Å². The molecule has 0 aromatic carbocycles. The number of nitrogens with zero attached hydrogens (tertiary/aromatic N) is 1. The molecule has 1 spiro atoms. The van der Waals surface area contributed by atoms with Gasteiger partial charge in [-0.15, -0.1) is 0 Å². The first-order valence-electron chi connectivity index (χ1n) is 5.18.